The number of hydrogen-bond donors (Lipinski definition) is 2. The molecule has 1 aromatic carbocycles. The van der Waals surface area contributed by atoms with Gasteiger partial charge in [0, 0.05) is 18.1 Å². The third-order valence-electron chi connectivity index (χ3n) is 3.55. The van der Waals surface area contributed by atoms with E-state index in [1.165, 1.54) is 10.5 Å². The molecule has 1 heterocycles. The number of likely N-dealkylation sites (tertiary alicyclic amines) is 1. The number of thioether (sulfide) groups is 1. The van der Waals surface area contributed by atoms with Crippen LogP contribution in [0.3, 0.4) is 0 Å². The van der Waals surface area contributed by atoms with E-state index in [0.717, 1.165) is 12.2 Å². The van der Waals surface area contributed by atoms with Crippen LogP contribution in [0.1, 0.15) is 18.4 Å². The second kappa shape index (κ2) is 7.47. The summed E-state index contributed by atoms with van der Waals surface area (Å²) in [6.45, 7) is 0.493. The highest BCUT2D eigenvalue weighted by Gasteiger charge is 2.35. The molecule has 0 bridgehead atoms. The van der Waals surface area contributed by atoms with Gasteiger partial charge < -0.3 is 15.7 Å². The fourth-order valence-electron chi connectivity index (χ4n) is 2.45. The van der Waals surface area contributed by atoms with Crippen LogP contribution in [0.25, 0.3) is 0 Å². The number of benzene rings is 1. The second-order valence-corrected chi connectivity index (χ2v) is 6.17. The number of rotatable bonds is 6. The van der Waals surface area contributed by atoms with Crippen molar-refractivity contribution in [1.82, 2.24) is 4.90 Å². The lowest BCUT2D eigenvalue weighted by Crippen LogP contribution is -2.49. The van der Waals surface area contributed by atoms with E-state index in [0.29, 0.717) is 18.7 Å². The Morgan fingerprint density at radius 3 is 2.76 bits per heavy atom. The van der Waals surface area contributed by atoms with Crippen LogP contribution in [0.4, 0.5) is 0 Å². The van der Waals surface area contributed by atoms with Crippen molar-refractivity contribution < 1.29 is 14.7 Å². The molecule has 0 saturated carbocycles. The lowest BCUT2D eigenvalue weighted by Gasteiger charge is -2.24. The van der Waals surface area contributed by atoms with Gasteiger partial charge in [-0.15, -0.1) is 0 Å². The van der Waals surface area contributed by atoms with Crippen molar-refractivity contribution in [2.45, 2.75) is 30.7 Å². The monoisotopic (exact) mass is 308 g/mol. The third-order valence-corrected chi connectivity index (χ3v) is 4.68. The summed E-state index contributed by atoms with van der Waals surface area (Å²) < 4.78 is 0. The zero-order valence-corrected chi connectivity index (χ0v) is 12.6. The first-order valence-corrected chi connectivity index (χ1v) is 8.15. The van der Waals surface area contributed by atoms with Gasteiger partial charge in [-0.05, 0) is 18.4 Å². The number of nitrogens with two attached hydrogens (primary N) is 1. The van der Waals surface area contributed by atoms with Crippen LogP contribution in [-0.4, -0.2) is 46.3 Å². The maximum absolute atomic E-state index is 12.2. The summed E-state index contributed by atoms with van der Waals surface area (Å²) in [7, 11) is 0. The highest BCUT2D eigenvalue weighted by molar-refractivity contribution is 7.98. The first-order chi connectivity index (χ1) is 10.1. The van der Waals surface area contributed by atoms with E-state index < -0.39 is 18.1 Å². The van der Waals surface area contributed by atoms with Crippen LogP contribution in [0.5, 0.6) is 0 Å². The van der Waals surface area contributed by atoms with Crippen molar-refractivity contribution in [2.24, 2.45) is 5.73 Å². The first-order valence-electron chi connectivity index (χ1n) is 7.00. The maximum Gasteiger partial charge on any atom is 0.326 e. The predicted octanol–water partition coefficient (Wildman–Crippen LogP) is 1.32. The number of aliphatic carboxylic acids is 1. The number of carboxylic acids is 1. The van der Waals surface area contributed by atoms with Crippen LogP contribution in [-0.2, 0) is 15.3 Å². The summed E-state index contributed by atoms with van der Waals surface area (Å²) in [5, 5.41) is 9.10. The molecule has 1 fully saturated rings. The summed E-state index contributed by atoms with van der Waals surface area (Å²) in [5.74, 6) is 0.103. The van der Waals surface area contributed by atoms with Crippen LogP contribution < -0.4 is 5.73 Å². The van der Waals surface area contributed by atoms with E-state index in [1.54, 1.807) is 11.8 Å². The Morgan fingerprint density at radius 1 is 1.38 bits per heavy atom. The first kappa shape index (κ1) is 15.9. The quantitative estimate of drug-likeness (QED) is 0.828. The number of nitrogens with zero attached hydrogens (tertiary/aromatic N) is 1. The summed E-state index contributed by atoms with van der Waals surface area (Å²) in [4.78, 5) is 24.7. The average molecular weight is 308 g/mol. The number of carboxylic acid groups (broad SMARTS) is 1. The van der Waals surface area contributed by atoms with Crippen molar-refractivity contribution in [3.8, 4) is 0 Å². The largest absolute Gasteiger partial charge is 0.480 e. The Labute approximate surface area is 128 Å². The zero-order chi connectivity index (χ0) is 15.2. The molecule has 3 N–H and O–H groups in total. The van der Waals surface area contributed by atoms with Gasteiger partial charge in [-0.25, -0.2) is 4.79 Å². The second-order valence-electron chi connectivity index (χ2n) is 5.14. The number of carbonyl (C=O) groups is 2. The van der Waals surface area contributed by atoms with Crippen LogP contribution in [0, 0.1) is 0 Å². The van der Waals surface area contributed by atoms with Gasteiger partial charge in [0.15, 0.2) is 0 Å². The molecular formula is C15H20N2O3S. The molecule has 5 nitrogen and oxygen atoms in total. The van der Waals surface area contributed by atoms with Crippen LogP contribution in [0.2, 0.25) is 0 Å². The van der Waals surface area contributed by atoms with E-state index in [1.807, 2.05) is 30.3 Å². The lowest BCUT2D eigenvalue weighted by atomic mass is 10.2. The van der Waals surface area contributed by atoms with Gasteiger partial charge in [0.2, 0.25) is 5.91 Å². The summed E-state index contributed by atoms with van der Waals surface area (Å²) in [5.41, 5.74) is 7.11. The van der Waals surface area contributed by atoms with Crippen molar-refractivity contribution >= 4 is 23.6 Å². The van der Waals surface area contributed by atoms with E-state index in [-0.39, 0.29) is 5.91 Å². The van der Waals surface area contributed by atoms with Gasteiger partial charge in [0.25, 0.3) is 0 Å². The van der Waals surface area contributed by atoms with E-state index in [2.05, 4.69) is 0 Å². The minimum atomic E-state index is -0.940. The van der Waals surface area contributed by atoms with E-state index >= 15 is 0 Å². The summed E-state index contributed by atoms with van der Waals surface area (Å²) >= 11 is 1.59. The normalized spacial score (nSPS) is 19.5. The molecule has 1 saturated heterocycles. The molecule has 2 atom stereocenters. The highest BCUT2D eigenvalue weighted by Crippen LogP contribution is 2.19. The molecule has 114 valence electrons. The van der Waals surface area contributed by atoms with Gasteiger partial charge in [-0.1, -0.05) is 30.3 Å². The van der Waals surface area contributed by atoms with Gasteiger partial charge in [0.05, 0.1) is 6.04 Å². The minimum absolute atomic E-state index is 0.250. The fourth-order valence-corrected chi connectivity index (χ4v) is 3.39. The molecule has 1 aliphatic rings. The third kappa shape index (κ3) is 4.22. The van der Waals surface area contributed by atoms with Crippen molar-refractivity contribution in [1.29, 1.82) is 0 Å². The molecule has 0 spiro atoms. The van der Waals surface area contributed by atoms with Gasteiger partial charge in [-0.2, -0.15) is 11.8 Å². The minimum Gasteiger partial charge on any atom is -0.480 e. The molecule has 6 heteroatoms. The smallest absolute Gasteiger partial charge is 0.326 e. The fraction of sp³-hybridized carbons (Fsp3) is 0.467. The Kier molecular flexibility index (Phi) is 5.64. The Bertz CT molecular complexity index is 495. The number of carbonyl (C=O) groups excluding carboxylic acids is 1. The highest BCUT2D eigenvalue weighted by atomic mass is 32.2. The molecular weight excluding hydrogens is 288 g/mol. The topological polar surface area (TPSA) is 83.6 Å². The SMILES string of the molecule is N[C@@H](CSCc1ccccc1)C(=O)N1CCC[C@H]1C(=O)O. The zero-order valence-electron chi connectivity index (χ0n) is 11.8. The number of amides is 1. The van der Waals surface area contributed by atoms with Gasteiger partial charge in [0.1, 0.15) is 6.04 Å². The van der Waals surface area contributed by atoms with E-state index in [9.17, 15) is 9.59 Å². The van der Waals surface area contributed by atoms with E-state index in [4.69, 9.17) is 10.8 Å². The molecule has 0 unspecified atom stereocenters. The molecule has 1 aliphatic heterocycles. The Morgan fingerprint density at radius 2 is 2.10 bits per heavy atom. The molecule has 2 rings (SSSR count). The summed E-state index contributed by atoms with van der Waals surface area (Å²) in [6, 6.07) is 8.62. The standard InChI is InChI=1S/C15H20N2O3S/c16-12(10-21-9-11-5-2-1-3-6-11)14(18)17-8-4-7-13(17)15(19)20/h1-3,5-6,12-13H,4,7-10,16H2,(H,19,20)/t12-,13-/m0/s1. The van der Waals surface area contributed by atoms with Gasteiger partial charge >= 0.3 is 5.97 Å². The Balaban J connectivity index is 1.81. The lowest BCUT2D eigenvalue weighted by molar-refractivity contribution is -0.148. The molecule has 1 amide bonds. The maximum atomic E-state index is 12.2. The Hall–Kier alpha value is -1.53. The molecule has 0 aliphatic carbocycles. The molecule has 21 heavy (non-hydrogen) atoms. The van der Waals surface area contributed by atoms with Crippen molar-refractivity contribution in [3.05, 3.63) is 35.9 Å². The molecule has 0 radical (unpaired) electrons. The molecule has 1 aromatic rings. The van der Waals surface area contributed by atoms with Crippen molar-refractivity contribution in [3.63, 3.8) is 0 Å². The van der Waals surface area contributed by atoms with Crippen molar-refractivity contribution in [2.75, 3.05) is 12.3 Å². The average Bonchev–Trinajstić information content (AvgIpc) is 2.97. The van der Waals surface area contributed by atoms with Gasteiger partial charge in [-0.3, -0.25) is 4.79 Å². The molecule has 0 aromatic heterocycles. The van der Waals surface area contributed by atoms with Crippen LogP contribution in [0.15, 0.2) is 30.3 Å². The predicted molar refractivity (Wildman–Crippen MR) is 83.0 cm³/mol. The number of hydrogen-bond acceptors (Lipinski definition) is 4. The van der Waals surface area contributed by atoms with Crippen LogP contribution >= 0.6 is 11.8 Å². The summed E-state index contributed by atoms with van der Waals surface area (Å²) in [6.07, 6.45) is 1.25.